The lowest BCUT2D eigenvalue weighted by atomic mass is 9.92. The number of fused-ring (bicyclic) bond motifs is 1. The molecule has 3 heteroatoms. The van der Waals surface area contributed by atoms with Gasteiger partial charge in [-0.15, -0.1) is 0 Å². The lowest BCUT2D eigenvalue weighted by molar-refractivity contribution is 0.540. The Kier molecular flexibility index (Phi) is 2.84. The highest BCUT2D eigenvalue weighted by atomic mass is 14.8. The summed E-state index contributed by atoms with van der Waals surface area (Å²) in [6, 6.07) is 8.24. The van der Waals surface area contributed by atoms with Gasteiger partial charge in [0.05, 0.1) is 0 Å². The summed E-state index contributed by atoms with van der Waals surface area (Å²) >= 11 is 0. The molecule has 0 aliphatic heterocycles. The van der Waals surface area contributed by atoms with Crippen LogP contribution in [0.5, 0.6) is 0 Å². The van der Waals surface area contributed by atoms with Gasteiger partial charge in [0.25, 0.3) is 0 Å². The van der Waals surface area contributed by atoms with E-state index in [0.717, 1.165) is 24.1 Å². The number of rotatable bonds is 2. The van der Waals surface area contributed by atoms with E-state index >= 15 is 0 Å². The monoisotopic (exact) mass is 239 g/mol. The maximum absolute atomic E-state index is 6.39. The number of nitrogens with two attached hydrogens (primary N) is 1. The normalized spacial score (nSPS) is 19.6. The summed E-state index contributed by atoms with van der Waals surface area (Å²) in [6.45, 7) is 1.99. The molecule has 3 nitrogen and oxygen atoms in total. The zero-order chi connectivity index (χ0) is 12.5. The zero-order valence-electron chi connectivity index (χ0n) is 10.5. The van der Waals surface area contributed by atoms with E-state index in [1.807, 2.05) is 31.5 Å². The highest BCUT2D eigenvalue weighted by Gasteiger charge is 2.29. The fraction of sp³-hybridized carbons (Fsp3) is 0.333. The van der Waals surface area contributed by atoms with Gasteiger partial charge in [-0.25, -0.2) is 0 Å². The number of pyridine rings is 2. The molecule has 2 heterocycles. The minimum atomic E-state index is -0.00532. The highest BCUT2D eigenvalue weighted by Crippen LogP contribution is 2.38. The van der Waals surface area contributed by atoms with Gasteiger partial charge in [-0.1, -0.05) is 12.1 Å². The summed E-state index contributed by atoms with van der Waals surface area (Å²) in [5.41, 5.74) is 11.0. The Hall–Kier alpha value is -1.74. The van der Waals surface area contributed by atoms with E-state index in [0.29, 0.717) is 5.92 Å². The van der Waals surface area contributed by atoms with Crippen molar-refractivity contribution in [3.05, 3.63) is 59.2 Å². The summed E-state index contributed by atoms with van der Waals surface area (Å²) in [6.07, 6.45) is 5.92. The smallest absolute Gasteiger partial charge is 0.0485 e. The van der Waals surface area contributed by atoms with E-state index < -0.39 is 0 Å². The van der Waals surface area contributed by atoms with Gasteiger partial charge in [-0.2, -0.15) is 0 Å². The van der Waals surface area contributed by atoms with Crippen LogP contribution in [0, 0.1) is 6.92 Å². The van der Waals surface area contributed by atoms with E-state index in [1.165, 1.54) is 11.3 Å². The third-order valence-corrected chi connectivity index (χ3v) is 3.75. The second-order valence-electron chi connectivity index (χ2n) is 4.95. The summed E-state index contributed by atoms with van der Waals surface area (Å²) < 4.78 is 0. The molecule has 0 radical (unpaired) electrons. The number of aromatic nitrogens is 2. The van der Waals surface area contributed by atoms with E-state index in [1.54, 1.807) is 0 Å². The van der Waals surface area contributed by atoms with Crippen molar-refractivity contribution >= 4 is 0 Å². The summed E-state index contributed by atoms with van der Waals surface area (Å²) in [5.74, 6) is 0.325. The topological polar surface area (TPSA) is 51.8 Å². The van der Waals surface area contributed by atoms with Crippen LogP contribution in [-0.2, 0) is 6.42 Å². The van der Waals surface area contributed by atoms with E-state index in [2.05, 4.69) is 22.1 Å². The second kappa shape index (κ2) is 4.50. The third kappa shape index (κ3) is 1.91. The molecule has 2 unspecified atom stereocenters. The Morgan fingerprint density at radius 1 is 1.28 bits per heavy atom. The molecule has 0 aromatic carbocycles. The SMILES string of the molecule is Cc1ccc(C(N)C2CCc3cccnc32)cn1. The Morgan fingerprint density at radius 2 is 2.17 bits per heavy atom. The quantitative estimate of drug-likeness (QED) is 0.876. The third-order valence-electron chi connectivity index (χ3n) is 3.75. The van der Waals surface area contributed by atoms with Crippen LogP contribution in [0.25, 0.3) is 0 Å². The predicted molar refractivity (Wildman–Crippen MR) is 71.2 cm³/mol. The largest absolute Gasteiger partial charge is 0.323 e. The van der Waals surface area contributed by atoms with Crippen LogP contribution in [0.3, 0.4) is 0 Å². The molecule has 3 rings (SSSR count). The lowest BCUT2D eigenvalue weighted by Gasteiger charge is -2.19. The minimum absolute atomic E-state index is 0.00532. The van der Waals surface area contributed by atoms with Gasteiger partial charge in [0.1, 0.15) is 0 Å². The Bertz CT molecular complexity index is 548. The van der Waals surface area contributed by atoms with Crippen molar-refractivity contribution in [2.24, 2.45) is 5.73 Å². The standard InChI is InChI=1S/C15H17N3/c1-10-4-5-12(9-18-10)14(16)13-7-6-11-3-2-8-17-15(11)13/h2-5,8-9,13-14H,6-7,16H2,1H3. The van der Waals surface area contributed by atoms with E-state index in [9.17, 15) is 0 Å². The number of aryl methyl sites for hydroxylation is 2. The predicted octanol–water partition coefficient (Wildman–Crippen LogP) is 2.51. The number of hydrogen-bond acceptors (Lipinski definition) is 3. The van der Waals surface area contributed by atoms with Crippen molar-refractivity contribution in [1.29, 1.82) is 0 Å². The average molecular weight is 239 g/mol. The molecule has 2 atom stereocenters. The molecule has 92 valence electrons. The van der Waals surface area contributed by atoms with E-state index in [-0.39, 0.29) is 6.04 Å². The maximum Gasteiger partial charge on any atom is 0.0485 e. The highest BCUT2D eigenvalue weighted by molar-refractivity contribution is 5.32. The van der Waals surface area contributed by atoms with Gasteiger partial charge in [0.2, 0.25) is 0 Å². The van der Waals surface area contributed by atoms with Crippen molar-refractivity contribution in [3.63, 3.8) is 0 Å². The Morgan fingerprint density at radius 3 is 2.94 bits per heavy atom. The first-order chi connectivity index (χ1) is 8.75. The molecule has 0 amide bonds. The van der Waals surface area contributed by atoms with Crippen LogP contribution >= 0.6 is 0 Å². The fourth-order valence-corrected chi connectivity index (χ4v) is 2.70. The van der Waals surface area contributed by atoms with Crippen LogP contribution in [0.1, 0.15) is 40.9 Å². The first-order valence-electron chi connectivity index (χ1n) is 6.37. The van der Waals surface area contributed by atoms with Crippen LogP contribution in [0.4, 0.5) is 0 Å². The van der Waals surface area contributed by atoms with Gasteiger partial charge >= 0.3 is 0 Å². The van der Waals surface area contributed by atoms with Crippen molar-refractivity contribution in [1.82, 2.24) is 9.97 Å². The molecule has 0 saturated carbocycles. The zero-order valence-corrected chi connectivity index (χ0v) is 10.5. The molecule has 0 saturated heterocycles. The molecular weight excluding hydrogens is 222 g/mol. The number of nitrogens with zero attached hydrogens (tertiary/aromatic N) is 2. The maximum atomic E-state index is 6.39. The molecule has 2 aromatic heterocycles. The molecule has 0 bridgehead atoms. The van der Waals surface area contributed by atoms with Crippen LogP contribution in [-0.4, -0.2) is 9.97 Å². The summed E-state index contributed by atoms with van der Waals surface area (Å²) in [5, 5.41) is 0. The van der Waals surface area contributed by atoms with E-state index in [4.69, 9.17) is 5.73 Å². The van der Waals surface area contributed by atoms with Crippen LogP contribution in [0.15, 0.2) is 36.7 Å². The molecule has 2 aromatic rings. The Balaban J connectivity index is 1.90. The number of hydrogen-bond donors (Lipinski definition) is 1. The first-order valence-corrected chi connectivity index (χ1v) is 6.37. The van der Waals surface area contributed by atoms with Gasteiger partial charge in [-0.3, -0.25) is 9.97 Å². The average Bonchev–Trinajstić information content (AvgIpc) is 2.82. The van der Waals surface area contributed by atoms with Gasteiger partial charge in [0.15, 0.2) is 0 Å². The van der Waals surface area contributed by atoms with Gasteiger partial charge < -0.3 is 5.73 Å². The first kappa shape index (κ1) is 11.4. The Labute approximate surface area is 107 Å². The van der Waals surface area contributed by atoms with Crippen molar-refractivity contribution in [3.8, 4) is 0 Å². The lowest BCUT2D eigenvalue weighted by Crippen LogP contribution is -2.19. The molecule has 18 heavy (non-hydrogen) atoms. The van der Waals surface area contributed by atoms with Crippen molar-refractivity contribution in [2.75, 3.05) is 0 Å². The second-order valence-corrected chi connectivity index (χ2v) is 4.95. The summed E-state index contributed by atoms with van der Waals surface area (Å²) in [4.78, 5) is 8.83. The van der Waals surface area contributed by atoms with Crippen molar-refractivity contribution in [2.45, 2.75) is 31.7 Å². The van der Waals surface area contributed by atoms with Crippen LogP contribution < -0.4 is 5.73 Å². The molecule has 2 N–H and O–H groups in total. The van der Waals surface area contributed by atoms with Gasteiger partial charge in [-0.05, 0) is 43.0 Å². The fourth-order valence-electron chi connectivity index (χ4n) is 2.70. The molecule has 1 aliphatic rings. The van der Waals surface area contributed by atoms with Crippen molar-refractivity contribution < 1.29 is 0 Å². The van der Waals surface area contributed by atoms with Crippen LogP contribution in [0.2, 0.25) is 0 Å². The summed E-state index contributed by atoms with van der Waals surface area (Å²) in [7, 11) is 0. The molecule has 0 spiro atoms. The van der Waals surface area contributed by atoms with Gasteiger partial charge in [0, 0.05) is 35.7 Å². The molecule has 0 fully saturated rings. The minimum Gasteiger partial charge on any atom is -0.323 e. The molecule has 1 aliphatic carbocycles. The molecular formula is C15H17N3.